The molecular weight excluding hydrogens is 321 g/mol. The SMILES string of the molecule is CNC(=O)C(C)Cn1cnc2ccc(B3OCC(C)(C)O3)cc2c1=O. The van der Waals surface area contributed by atoms with Crippen molar-refractivity contribution in [2.45, 2.75) is 32.9 Å². The first-order chi connectivity index (χ1) is 11.8. The van der Waals surface area contributed by atoms with E-state index in [4.69, 9.17) is 9.31 Å². The summed E-state index contributed by atoms with van der Waals surface area (Å²) in [5.41, 5.74) is 0.862. The fourth-order valence-electron chi connectivity index (χ4n) is 2.88. The van der Waals surface area contributed by atoms with Gasteiger partial charge in [0, 0.05) is 13.6 Å². The van der Waals surface area contributed by atoms with Gasteiger partial charge in [0.05, 0.1) is 35.4 Å². The van der Waals surface area contributed by atoms with Crippen molar-refractivity contribution < 1.29 is 14.1 Å². The van der Waals surface area contributed by atoms with Crippen LogP contribution in [0.4, 0.5) is 0 Å². The van der Waals surface area contributed by atoms with Gasteiger partial charge >= 0.3 is 7.12 Å². The van der Waals surface area contributed by atoms with Crippen LogP contribution in [-0.2, 0) is 20.6 Å². The van der Waals surface area contributed by atoms with Gasteiger partial charge in [-0.25, -0.2) is 4.98 Å². The number of carbonyl (C=O) groups is 1. The quantitative estimate of drug-likeness (QED) is 0.808. The molecule has 7 nitrogen and oxygen atoms in total. The van der Waals surface area contributed by atoms with E-state index >= 15 is 0 Å². The van der Waals surface area contributed by atoms with Crippen molar-refractivity contribution in [3.63, 3.8) is 0 Å². The summed E-state index contributed by atoms with van der Waals surface area (Å²) in [7, 11) is 1.09. The minimum atomic E-state index is -0.489. The second-order valence-electron chi connectivity index (χ2n) is 7.01. The topological polar surface area (TPSA) is 82.5 Å². The van der Waals surface area contributed by atoms with Crippen LogP contribution in [0.1, 0.15) is 20.8 Å². The van der Waals surface area contributed by atoms with Gasteiger partial charge < -0.3 is 14.6 Å². The normalized spacial score (nSPS) is 17.7. The second kappa shape index (κ2) is 6.61. The third kappa shape index (κ3) is 3.59. The van der Waals surface area contributed by atoms with E-state index in [-0.39, 0.29) is 29.5 Å². The fraction of sp³-hybridized carbons (Fsp3) is 0.471. The van der Waals surface area contributed by atoms with Gasteiger partial charge in [-0.15, -0.1) is 0 Å². The average Bonchev–Trinajstić information content (AvgIpc) is 2.96. The van der Waals surface area contributed by atoms with Crippen molar-refractivity contribution in [3.05, 3.63) is 34.9 Å². The van der Waals surface area contributed by atoms with Crippen molar-refractivity contribution in [2.24, 2.45) is 5.92 Å². The molecule has 1 atom stereocenters. The maximum Gasteiger partial charge on any atom is 0.494 e. The zero-order valence-corrected chi connectivity index (χ0v) is 14.9. The summed E-state index contributed by atoms with van der Waals surface area (Å²) in [5, 5.41) is 3.07. The average molecular weight is 343 g/mol. The smallest absolute Gasteiger partial charge is 0.404 e. The Morgan fingerprint density at radius 1 is 1.48 bits per heavy atom. The monoisotopic (exact) mass is 343 g/mol. The van der Waals surface area contributed by atoms with Crippen LogP contribution in [0.2, 0.25) is 0 Å². The molecule has 0 aliphatic carbocycles. The predicted octanol–water partition coefficient (Wildman–Crippen LogP) is 0.299. The van der Waals surface area contributed by atoms with Gasteiger partial charge in [-0.1, -0.05) is 13.0 Å². The van der Waals surface area contributed by atoms with Crippen molar-refractivity contribution >= 4 is 29.4 Å². The standard InChI is InChI=1S/C17H22BN3O4/c1-11(15(22)19-4)8-21-10-20-14-6-5-12(7-13(14)16(21)23)18-24-9-17(2,3)25-18/h5-7,10-11H,8-9H2,1-4H3,(H,19,22). The van der Waals surface area contributed by atoms with Gasteiger partial charge in [-0.3, -0.25) is 14.2 Å². The molecule has 0 spiro atoms. The predicted molar refractivity (Wildman–Crippen MR) is 95.7 cm³/mol. The third-order valence-electron chi connectivity index (χ3n) is 4.29. The molecule has 0 saturated carbocycles. The summed E-state index contributed by atoms with van der Waals surface area (Å²) < 4.78 is 13.0. The van der Waals surface area contributed by atoms with Gasteiger partial charge in [-0.2, -0.15) is 0 Å². The molecule has 0 radical (unpaired) electrons. The summed E-state index contributed by atoms with van der Waals surface area (Å²) >= 11 is 0. The van der Waals surface area contributed by atoms with E-state index in [1.807, 2.05) is 19.9 Å². The number of benzene rings is 1. The molecule has 1 aromatic carbocycles. The lowest BCUT2D eigenvalue weighted by Gasteiger charge is -2.15. The van der Waals surface area contributed by atoms with Crippen molar-refractivity contribution in [2.75, 3.05) is 13.7 Å². The molecular formula is C17H22BN3O4. The number of amides is 1. The molecule has 1 aliphatic rings. The largest absolute Gasteiger partial charge is 0.494 e. The Balaban J connectivity index is 1.94. The van der Waals surface area contributed by atoms with Crippen molar-refractivity contribution in [3.8, 4) is 0 Å². The summed E-state index contributed by atoms with van der Waals surface area (Å²) in [6.07, 6.45) is 1.48. The third-order valence-corrected chi connectivity index (χ3v) is 4.29. The first kappa shape index (κ1) is 17.6. The van der Waals surface area contributed by atoms with Crippen LogP contribution in [0.5, 0.6) is 0 Å². The van der Waals surface area contributed by atoms with Gasteiger partial charge in [0.15, 0.2) is 0 Å². The summed E-state index contributed by atoms with van der Waals surface area (Å²) in [6.45, 7) is 6.46. The van der Waals surface area contributed by atoms with Crippen molar-refractivity contribution in [1.29, 1.82) is 0 Å². The van der Waals surface area contributed by atoms with Gasteiger partial charge in [-0.05, 0) is 31.4 Å². The van der Waals surface area contributed by atoms with Crippen LogP contribution in [0, 0.1) is 5.92 Å². The van der Waals surface area contributed by atoms with Crippen LogP contribution in [0.15, 0.2) is 29.3 Å². The maximum atomic E-state index is 12.8. The zero-order valence-electron chi connectivity index (χ0n) is 14.9. The highest BCUT2D eigenvalue weighted by molar-refractivity contribution is 6.62. The number of fused-ring (bicyclic) bond motifs is 1. The van der Waals surface area contributed by atoms with Crippen LogP contribution in [-0.4, -0.2) is 41.8 Å². The van der Waals surface area contributed by atoms with Crippen LogP contribution < -0.4 is 16.3 Å². The Labute approximate surface area is 146 Å². The number of aromatic nitrogens is 2. The summed E-state index contributed by atoms with van der Waals surface area (Å²) in [5.74, 6) is -0.442. The van der Waals surface area contributed by atoms with E-state index in [1.165, 1.54) is 10.9 Å². The van der Waals surface area contributed by atoms with E-state index in [0.29, 0.717) is 17.5 Å². The molecule has 132 valence electrons. The maximum absolute atomic E-state index is 12.8. The van der Waals surface area contributed by atoms with Crippen LogP contribution >= 0.6 is 0 Å². The molecule has 1 amide bonds. The lowest BCUT2D eigenvalue weighted by Crippen LogP contribution is -2.35. The molecule has 2 heterocycles. The molecule has 1 N–H and O–H groups in total. The first-order valence-corrected chi connectivity index (χ1v) is 8.31. The molecule has 8 heteroatoms. The minimum absolute atomic E-state index is 0.115. The van der Waals surface area contributed by atoms with Gasteiger partial charge in [0.1, 0.15) is 0 Å². The molecule has 1 saturated heterocycles. The highest BCUT2D eigenvalue weighted by atomic mass is 16.7. The number of nitrogens with zero attached hydrogens (tertiary/aromatic N) is 2. The number of carbonyl (C=O) groups excluding carboxylic acids is 1. The summed E-state index contributed by atoms with van der Waals surface area (Å²) in [6, 6.07) is 5.41. The lowest BCUT2D eigenvalue weighted by atomic mass is 9.78. The van der Waals surface area contributed by atoms with E-state index in [9.17, 15) is 9.59 Å². The molecule has 25 heavy (non-hydrogen) atoms. The summed E-state index contributed by atoms with van der Waals surface area (Å²) in [4.78, 5) is 28.8. The van der Waals surface area contributed by atoms with Gasteiger partial charge in [0.25, 0.3) is 5.56 Å². The fourth-order valence-corrected chi connectivity index (χ4v) is 2.88. The molecule has 1 fully saturated rings. The molecule has 3 rings (SSSR count). The van der Waals surface area contributed by atoms with Crippen molar-refractivity contribution in [1.82, 2.24) is 14.9 Å². The van der Waals surface area contributed by atoms with Crippen LogP contribution in [0.3, 0.4) is 0 Å². The Morgan fingerprint density at radius 3 is 2.88 bits per heavy atom. The Bertz CT molecular complexity index is 865. The van der Waals surface area contributed by atoms with E-state index in [2.05, 4.69) is 10.3 Å². The first-order valence-electron chi connectivity index (χ1n) is 8.31. The number of hydrogen-bond donors (Lipinski definition) is 1. The number of rotatable bonds is 4. The lowest BCUT2D eigenvalue weighted by molar-refractivity contribution is -0.124. The number of nitrogens with one attached hydrogen (secondary N) is 1. The minimum Gasteiger partial charge on any atom is -0.404 e. The highest BCUT2D eigenvalue weighted by Gasteiger charge is 2.38. The Kier molecular flexibility index (Phi) is 4.66. The molecule has 2 aromatic rings. The molecule has 1 unspecified atom stereocenters. The highest BCUT2D eigenvalue weighted by Crippen LogP contribution is 2.20. The van der Waals surface area contributed by atoms with E-state index in [1.54, 1.807) is 26.1 Å². The van der Waals surface area contributed by atoms with Gasteiger partial charge in [0.2, 0.25) is 5.91 Å². The Morgan fingerprint density at radius 2 is 2.24 bits per heavy atom. The second-order valence-corrected chi connectivity index (χ2v) is 7.01. The number of hydrogen-bond acceptors (Lipinski definition) is 5. The van der Waals surface area contributed by atoms with E-state index < -0.39 is 7.12 Å². The molecule has 0 bridgehead atoms. The molecule has 1 aromatic heterocycles. The van der Waals surface area contributed by atoms with E-state index in [0.717, 1.165) is 5.46 Å². The van der Waals surface area contributed by atoms with Crippen LogP contribution in [0.25, 0.3) is 10.9 Å². The zero-order chi connectivity index (χ0) is 18.2. The Hall–Kier alpha value is -2.19. The molecule has 1 aliphatic heterocycles.